The highest BCUT2D eigenvalue weighted by molar-refractivity contribution is 5.77. The second-order valence-corrected chi connectivity index (χ2v) is 7.19. The average Bonchev–Trinajstić information content (AvgIpc) is 3.16. The number of nitrogens with zero attached hydrogens (tertiary/aromatic N) is 2. The third-order valence-corrected chi connectivity index (χ3v) is 5.25. The Labute approximate surface area is 161 Å². The Kier molecular flexibility index (Phi) is 6.07. The number of hydrogen-bond donors (Lipinski definition) is 1. The number of piperidine rings is 1. The SMILES string of the molecule is CCOC(=O)C1(Cc2cccc(C(F)(F)F)c2)CCN(Cc2ncc[nH]2)CC1. The van der Waals surface area contributed by atoms with Gasteiger partial charge in [0.25, 0.3) is 0 Å². The molecular formula is C20H24F3N3O2. The first-order valence-electron chi connectivity index (χ1n) is 9.36. The number of aromatic nitrogens is 2. The summed E-state index contributed by atoms with van der Waals surface area (Å²) >= 11 is 0. The van der Waals surface area contributed by atoms with Gasteiger partial charge in [-0.2, -0.15) is 13.2 Å². The molecule has 0 aliphatic carbocycles. The molecule has 8 heteroatoms. The molecule has 0 unspecified atom stereocenters. The summed E-state index contributed by atoms with van der Waals surface area (Å²) in [7, 11) is 0. The van der Waals surface area contributed by atoms with Crippen LogP contribution < -0.4 is 0 Å². The van der Waals surface area contributed by atoms with E-state index in [9.17, 15) is 18.0 Å². The van der Waals surface area contributed by atoms with Crippen molar-refractivity contribution in [1.82, 2.24) is 14.9 Å². The van der Waals surface area contributed by atoms with Crippen LogP contribution in [-0.2, 0) is 28.7 Å². The molecule has 1 saturated heterocycles. The van der Waals surface area contributed by atoms with Gasteiger partial charge in [-0.3, -0.25) is 9.69 Å². The highest BCUT2D eigenvalue weighted by Gasteiger charge is 2.43. The van der Waals surface area contributed by atoms with E-state index < -0.39 is 17.2 Å². The van der Waals surface area contributed by atoms with Crippen LogP contribution in [0.25, 0.3) is 0 Å². The van der Waals surface area contributed by atoms with Gasteiger partial charge in [0.2, 0.25) is 0 Å². The fourth-order valence-corrected chi connectivity index (χ4v) is 3.72. The van der Waals surface area contributed by atoms with Crippen molar-refractivity contribution in [3.8, 4) is 0 Å². The van der Waals surface area contributed by atoms with Crippen LogP contribution >= 0.6 is 0 Å². The maximum Gasteiger partial charge on any atom is 0.416 e. The number of nitrogens with one attached hydrogen (secondary N) is 1. The maximum absolute atomic E-state index is 13.0. The third kappa shape index (κ3) is 4.73. The predicted octanol–water partition coefficient (Wildman–Crippen LogP) is 3.82. The number of esters is 1. The number of imidazole rings is 1. The molecule has 2 aromatic rings. The van der Waals surface area contributed by atoms with Crippen molar-refractivity contribution < 1.29 is 22.7 Å². The van der Waals surface area contributed by atoms with Gasteiger partial charge in [-0.1, -0.05) is 18.2 Å². The molecular weight excluding hydrogens is 371 g/mol. The van der Waals surface area contributed by atoms with Gasteiger partial charge in [-0.25, -0.2) is 4.98 Å². The Morgan fingerprint density at radius 1 is 1.32 bits per heavy atom. The molecule has 2 heterocycles. The zero-order valence-electron chi connectivity index (χ0n) is 15.8. The number of carbonyl (C=O) groups excluding carboxylic acids is 1. The number of halogens is 3. The number of likely N-dealkylation sites (tertiary alicyclic amines) is 1. The van der Waals surface area contributed by atoms with E-state index in [-0.39, 0.29) is 19.0 Å². The lowest BCUT2D eigenvalue weighted by Gasteiger charge is -2.40. The summed E-state index contributed by atoms with van der Waals surface area (Å²) in [6.07, 6.45) is 0.348. The molecule has 0 amide bonds. The monoisotopic (exact) mass is 395 g/mol. The van der Waals surface area contributed by atoms with Crippen molar-refractivity contribution in [1.29, 1.82) is 0 Å². The molecule has 1 aliphatic heterocycles. The lowest BCUT2D eigenvalue weighted by Crippen LogP contribution is -2.46. The van der Waals surface area contributed by atoms with E-state index in [2.05, 4.69) is 14.9 Å². The van der Waals surface area contributed by atoms with E-state index in [0.717, 1.165) is 18.0 Å². The van der Waals surface area contributed by atoms with Crippen LogP contribution in [0.1, 0.15) is 36.7 Å². The van der Waals surface area contributed by atoms with Gasteiger partial charge < -0.3 is 9.72 Å². The van der Waals surface area contributed by atoms with Crippen LogP contribution in [0.3, 0.4) is 0 Å². The minimum atomic E-state index is -4.40. The lowest BCUT2D eigenvalue weighted by molar-refractivity contribution is -0.158. The topological polar surface area (TPSA) is 58.2 Å². The molecule has 0 bridgehead atoms. The number of carbonyl (C=O) groups is 1. The normalized spacial score (nSPS) is 17.4. The smallest absolute Gasteiger partial charge is 0.416 e. The summed E-state index contributed by atoms with van der Waals surface area (Å²) < 4.78 is 44.4. The standard InChI is InChI=1S/C20H24F3N3O2/c1-2-28-18(27)19(13-15-4-3-5-16(12-15)20(21,22)23)6-10-26(11-7-19)14-17-24-8-9-25-17/h3-5,8-9,12H,2,6-7,10-11,13-14H2,1H3,(H,24,25). The van der Waals surface area contributed by atoms with Crippen molar-refractivity contribution in [2.75, 3.05) is 19.7 Å². The van der Waals surface area contributed by atoms with Gasteiger partial charge >= 0.3 is 12.1 Å². The number of alkyl halides is 3. The number of aromatic amines is 1. The van der Waals surface area contributed by atoms with Crippen molar-refractivity contribution in [2.24, 2.45) is 5.41 Å². The number of hydrogen-bond acceptors (Lipinski definition) is 4. The Morgan fingerprint density at radius 2 is 2.07 bits per heavy atom. The third-order valence-electron chi connectivity index (χ3n) is 5.25. The van der Waals surface area contributed by atoms with Crippen molar-refractivity contribution in [2.45, 2.75) is 38.9 Å². The summed E-state index contributed by atoms with van der Waals surface area (Å²) in [5, 5.41) is 0. The van der Waals surface area contributed by atoms with Crippen LogP contribution in [0.5, 0.6) is 0 Å². The molecule has 1 aromatic heterocycles. The Hall–Kier alpha value is -2.35. The van der Waals surface area contributed by atoms with E-state index in [1.807, 2.05) is 0 Å². The van der Waals surface area contributed by atoms with Crippen LogP contribution in [0.4, 0.5) is 13.2 Å². The van der Waals surface area contributed by atoms with E-state index >= 15 is 0 Å². The molecule has 0 atom stereocenters. The highest BCUT2D eigenvalue weighted by Crippen LogP contribution is 2.38. The van der Waals surface area contributed by atoms with Gasteiger partial charge in [-0.15, -0.1) is 0 Å². The molecule has 5 nitrogen and oxygen atoms in total. The summed E-state index contributed by atoms with van der Waals surface area (Å²) in [6, 6.07) is 5.22. The maximum atomic E-state index is 13.0. The first kappa shape index (κ1) is 20.4. The highest BCUT2D eigenvalue weighted by atomic mass is 19.4. The summed E-state index contributed by atoms with van der Waals surface area (Å²) in [4.78, 5) is 22.2. The number of ether oxygens (including phenoxy) is 1. The minimum absolute atomic E-state index is 0.240. The average molecular weight is 395 g/mol. The second-order valence-electron chi connectivity index (χ2n) is 7.19. The fraction of sp³-hybridized carbons (Fsp3) is 0.500. The largest absolute Gasteiger partial charge is 0.466 e. The Morgan fingerprint density at radius 3 is 2.68 bits per heavy atom. The molecule has 1 fully saturated rings. The molecule has 0 radical (unpaired) electrons. The molecule has 1 N–H and O–H groups in total. The molecule has 28 heavy (non-hydrogen) atoms. The van der Waals surface area contributed by atoms with Crippen LogP contribution in [0.15, 0.2) is 36.7 Å². The van der Waals surface area contributed by atoms with Crippen LogP contribution in [-0.4, -0.2) is 40.5 Å². The minimum Gasteiger partial charge on any atom is -0.466 e. The lowest BCUT2D eigenvalue weighted by atomic mass is 9.73. The van der Waals surface area contributed by atoms with Gasteiger partial charge in [0, 0.05) is 12.4 Å². The molecule has 0 spiro atoms. The van der Waals surface area contributed by atoms with Gasteiger partial charge in [0.15, 0.2) is 0 Å². The summed E-state index contributed by atoms with van der Waals surface area (Å²) in [5.41, 5.74) is -0.999. The molecule has 0 saturated carbocycles. The van der Waals surface area contributed by atoms with Gasteiger partial charge in [0.1, 0.15) is 5.82 Å². The zero-order chi connectivity index (χ0) is 20.2. The Bertz CT molecular complexity index is 782. The molecule has 1 aromatic carbocycles. The van der Waals surface area contributed by atoms with E-state index in [0.29, 0.717) is 38.0 Å². The summed E-state index contributed by atoms with van der Waals surface area (Å²) in [5.74, 6) is 0.520. The fourth-order valence-electron chi connectivity index (χ4n) is 3.72. The zero-order valence-corrected chi connectivity index (χ0v) is 15.8. The van der Waals surface area contributed by atoms with E-state index in [1.165, 1.54) is 6.07 Å². The van der Waals surface area contributed by atoms with Crippen molar-refractivity contribution in [3.05, 3.63) is 53.6 Å². The van der Waals surface area contributed by atoms with Gasteiger partial charge in [-0.05, 0) is 50.9 Å². The Balaban J connectivity index is 1.76. The van der Waals surface area contributed by atoms with E-state index in [4.69, 9.17) is 4.74 Å². The van der Waals surface area contributed by atoms with Crippen molar-refractivity contribution in [3.63, 3.8) is 0 Å². The van der Waals surface area contributed by atoms with Gasteiger partial charge in [0.05, 0.1) is 24.1 Å². The second kappa shape index (κ2) is 8.34. The first-order valence-corrected chi connectivity index (χ1v) is 9.36. The van der Waals surface area contributed by atoms with Crippen LogP contribution in [0.2, 0.25) is 0 Å². The molecule has 1 aliphatic rings. The quantitative estimate of drug-likeness (QED) is 0.756. The van der Waals surface area contributed by atoms with E-state index in [1.54, 1.807) is 25.4 Å². The number of H-pyrrole nitrogens is 1. The number of benzene rings is 1. The first-order chi connectivity index (χ1) is 13.3. The summed E-state index contributed by atoms with van der Waals surface area (Å²) in [6.45, 7) is 3.94. The number of rotatable bonds is 6. The predicted molar refractivity (Wildman–Crippen MR) is 97.3 cm³/mol. The van der Waals surface area contributed by atoms with Crippen molar-refractivity contribution >= 4 is 5.97 Å². The molecule has 152 valence electrons. The molecule has 3 rings (SSSR count). The van der Waals surface area contributed by atoms with Crippen LogP contribution in [0, 0.1) is 5.41 Å².